The monoisotopic (exact) mass is 256 g/mol. The van der Waals surface area contributed by atoms with Gasteiger partial charge in [0.05, 0.1) is 0 Å². The molecule has 2 heteroatoms. The second kappa shape index (κ2) is 6.37. The summed E-state index contributed by atoms with van der Waals surface area (Å²) in [6.07, 6.45) is 7.61. The van der Waals surface area contributed by atoms with Crippen molar-refractivity contribution in [2.24, 2.45) is 0 Å². The first-order chi connectivity index (χ1) is 9.27. The Labute approximate surface area is 114 Å². The van der Waals surface area contributed by atoms with E-state index < -0.39 is 0 Å². The van der Waals surface area contributed by atoms with E-state index in [0.717, 1.165) is 35.8 Å². The highest BCUT2D eigenvalue weighted by atomic mass is 16.3. The Bertz CT molecular complexity index is 590. The second-order valence-corrected chi connectivity index (χ2v) is 4.72. The fourth-order valence-electron chi connectivity index (χ4n) is 2.25. The molecule has 0 aliphatic rings. The number of para-hydroxylation sites is 1. The number of hydrogen-bond donors (Lipinski definition) is 0. The SMILES string of the molecule is C/C=C/c1c(C(=O)CCCCC)oc2ccccc12. The zero-order valence-corrected chi connectivity index (χ0v) is 11.6. The second-order valence-electron chi connectivity index (χ2n) is 4.72. The quantitative estimate of drug-likeness (QED) is 0.523. The molecule has 0 bridgehead atoms. The van der Waals surface area contributed by atoms with Gasteiger partial charge in [-0.25, -0.2) is 0 Å². The molecule has 0 saturated carbocycles. The van der Waals surface area contributed by atoms with Crippen LogP contribution >= 0.6 is 0 Å². The molecule has 0 saturated heterocycles. The Morgan fingerprint density at radius 3 is 2.79 bits per heavy atom. The van der Waals surface area contributed by atoms with Crippen LogP contribution in [0.2, 0.25) is 0 Å². The van der Waals surface area contributed by atoms with Crippen molar-refractivity contribution in [3.63, 3.8) is 0 Å². The van der Waals surface area contributed by atoms with Crippen molar-refractivity contribution in [3.05, 3.63) is 41.7 Å². The largest absolute Gasteiger partial charge is 0.452 e. The van der Waals surface area contributed by atoms with E-state index in [-0.39, 0.29) is 5.78 Å². The predicted octanol–water partition coefficient (Wildman–Crippen LogP) is 5.23. The summed E-state index contributed by atoms with van der Waals surface area (Å²) >= 11 is 0. The van der Waals surface area contributed by atoms with Crippen molar-refractivity contribution in [2.75, 3.05) is 0 Å². The average molecular weight is 256 g/mol. The van der Waals surface area contributed by atoms with Crippen LogP contribution in [0.4, 0.5) is 0 Å². The highest BCUT2D eigenvalue weighted by Gasteiger charge is 2.17. The summed E-state index contributed by atoms with van der Waals surface area (Å²) < 4.78 is 5.74. The number of rotatable bonds is 6. The topological polar surface area (TPSA) is 30.2 Å². The number of carbonyl (C=O) groups excluding carboxylic acids is 1. The number of benzene rings is 1. The summed E-state index contributed by atoms with van der Waals surface area (Å²) in [6, 6.07) is 7.80. The maximum Gasteiger partial charge on any atom is 0.198 e. The van der Waals surface area contributed by atoms with E-state index in [1.807, 2.05) is 43.3 Å². The van der Waals surface area contributed by atoms with Gasteiger partial charge in [-0.1, -0.05) is 50.1 Å². The fourth-order valence-corrected chi connectivity index (χ4v) is 2.25. The minimum Gasteiger partial charge on any atom is -0.452 e. The van der Waals surface area contributed by atoms with Crippen LogP contribution in [0.3, 0.4) is 0 Å². The number of furan rings is 1. The molecule has 0 amide bonds. The molecule has 0 radical (unpaired) electrons. The number of hydrogen-bond acceptors (Lipinski definition) is 2. The molecule has 2 aromatic rings. The molecular weight excluding hydrogens is 236 g/mol. The number of carbonyl (C=O) groups is 1. The normalized spacial score (nSPS) is 11.5. The molecule has 0 aliphatic heterocycles. The van der Waals surface area contributed by atoms with Crippen molar-refractivity contribution in [2.45, 2.75) is 39.5 Å². The van der Waals surface area contributed by atoms with Crippen LogP contribution in [0.25, 0.3) is 17.0 Å². The molecule has 0 unspecified atom stereocenters. The first-order valence-corrected chi connectivity index (χ1v) is 6.95. The third-order valence-corrected chi connectivity index (χ3v) is 3.23. The molecular formula is C17H20O2. The van der Waals surface area contributed by atoms with Crippen molar-refractivity contribution in [1.82, 2.24) is 0 Å². The van der Waals surface area contributed by atoms with Crippen LogP contribution in [0.5, 0.6) is 0 Å². The van der Waals surface area contributed by atoms with Gasteiger partial charge in [-0.3, -0.25) is 4.79 Å². The molecule has 0 fully saturated rings. The number of Topliss-reactive ketones (excluding diaryl/α,β-unsaturated/α-hetero) is 1. The van der Waals surface area contributed by atoms with Crippen LogP contribution in [0, 0.1) is 0 Å². The zero-order valence-electron chi connectivity index (χ0n) is 11.6. The summed E-state index contributed by atoms with van der Waals surface area (Å²) in [5.74, 6) is 0.619. The van der Waals surface area contributed by atoms with Crippen LogP contribution in [0.1, 0.15) is 55.6 Å². The molecule has 1 heterocycles. The summed E-state index contributed by atoms with van der Waals surface area (Å²) in [5.41, 5.74) is 1.70. The van der Waals surface area contributed by atoms with E-state index in [1.54, 1.807) is 0 Å². The van der Waals surface area contributed by atoms with Gasteiger partial charge < -0.3 is 4.42 Å². The van der Waals surface area contributed by atoms with E-state index in [0.29, 0.717) is 12.2 Å². The third kappa shape index (κ3) is 2.95. The van der Waals surface area contributed by atoms with Gasteiger partial charge in [0.15, 0.2) is 11.5 Å². The lowest BCUT2D eigenvalue weighted by Gasteiger charge is -1.98. The lowest BCUT2D eigenvalue weighted by molar-refractivity contribution is 0.0954. The smallest absolute Gasteiger partial charge is 0.198 e. The first-order valence-electron chi connectivity index (χ1n) is 6.95. The molecule has 1 aromatic carbocycles. The first kappa shape index (κ1) is 13.6. The molecule has 0 N–H and O–H groups in total. The molecule has 0 aliphatic carbocycles. The lowest BCUT2D eigenvalue weighted by Crippen LogP contribution is -1.99. The van der Waals surface area contributed by atoms with Gasteiger partial charge in [0.2, 0.25) is 0 Å². The molecule has 0 spiro atoms. The lowest BCUT2D eigenvalue weighted by atomic mass is 10.0. The Morgan fingerprint density at radius 1 is 1.26 bits per heavy atom. The third-order valence-electron chi connectivity index (χ3n) is 3.23. The van der Waals surface area contributed by atoms with Crippen LogP contribution in [0.15, 0.2) is 34.8 Å². The van der Waals surface area contributed by atoms with E-state index in [9.17, 15) is 4.79 Å². The summed E-state index contributed by atoms with van der Waals surface area (Å²) in [7, 11) is 0. The Morgan fingerprint density at radius 2 is 2.05 bits per heavy atom. The number of fused-ring (bicyclic) bond motifs is 1. The van der Waals surface area contributed by atoms with Crippen LogP contribution in [-0.4, -0.2) is 5.78 Å². The predicted molar refractivity (Wildman–Crippen MR) is 79.4 cm³/mol. The van der Waals surface area contributed by atoms with E-state index in [4.69, 9.17) is 4.42 Å². The molecule has 19 heavy (non-hydrogen) atoms. The molecule has 0 atom stereocenters. The van der Waals surface area contributed by atoms with Gasteiger partial charge in [-0.05, 0) is 19.4 Å². The Balaban J connectivity index is 2.36. The van der Waals surface area contributed by atoms with Gasteiger partial charge in [0.25, 0.3) is 0 Å². The summed E-state index contributed by atoms with van der Waals surface area (Å²) in [6.45, 7) is 4.09. The maximum absolute atomic E-state index is 12.3. The van der Waals surface area contributed by atoms with Gasteiger partial charge >= 0.3 is 0 Å². The van der Waals surface area contributed by atoms with E-state index >= 15 is 0 Å². The van der Waals surface area contributed by atoms with Crippen molar-refractivity contribution >= 4 is 22.8 Å². The molecule has 2 rings (SSSR count). The van der Waals surface area contributed by atoms with Crippen LogP contribution < -0.4 is 0 Å². The minimum atomic E-state index is 0.109. The Kier molecular flexibility index (Phi) is 4.56. The van der Waals surface area contributed by atoms with Gasteiger partial charge in [-0.2, -0.15) is 0 Å². The van der Waals surface area contributed by atoms with Crippen LogP contribution in [-0.2, 0) is 0 Å². The standard InChI is InChI=1S/C17H20O2/c1-3-5-6-11-15(18)17-14(9-4-2)13-10-7-8-12-16(13)19-17/h4,7-10,12H,3,5-6,11H2,1-2H3/b9-4+. The molecule has 1 aromatic heterocycles. The number of allylic oxidation sites excluding steroid dienone is 1. The highest BCUT2D eigenvalue weighted by molar-refractivity contribution is 6.03. The van der Waals surface area contributed by atoms with E-state index in [2.05, 4.69) is 6.92 Å². The maximum atomic E-state index is 12.3. The van der Waals surface area contributed by atoms with Gasteiger partial charge in [-0.15, -0.1) is 0 Å². The summed E-state index contributed by atoms with van der Waals surface area (Å²) in [4.78, 5) is 12.3. The zero-order chi connectivity index (χ0) is 13.7. The average Bonchev–Trinajstić information content (AvgIpc) is 2.79. The van der Waals surface area contributed by atoms with Crippen molar-refractivity contribution in [1.29, 1.82) is 0 Å². The summed E-state index contributed by atoms with van der Waals surface area (Å²) in [5, 5.41) is 1.01. The highest BCUT2D eigenvalue weighted by Crippen LogP contribution is 2.28. The van der Waals surface area contributed by atoms with E-state index in [1.165, 1.54) is 0 Å². The number of ketones is 1. The van der Waals surface area contributed by atoms with Gasteiger partial charge in [0.1, 0.15) is 5.58 Å². The van der Waals surface area contributed by atoms with Crippen molar-refractivity contribution < 1.29 is 9.21 Å². The van der Waals surface area contributed by atoms with Gasteiger partial charge in [0, 0.05) is 17.4 Å². The molecule has 100 valence electrons. The Hall–Kier alpha value is -1.83. The molecule has 2 nitrogen and oxygen atoms in total. The fraction of sp³-hybridized carbons (Fsp3) is 0.353. The minimum absolute atomic E-state index is 0.109. The number of unbranched alkanes of at least 4 members (excludes halogenated alkanes) is 2. The van der Waals surface area contributed by atoms with Crippen molar-refractivity contribution in [3.8, 4) is 0 Å².